The van der Waals surface area contributed by atoms with Crippen LogP contribution in [0.25, 0.3) is 0 Å². The van der Waals surface area contributed by atoms with Gasteiger partial charge in [-0.2, -0.15) is 0 Å². The second kappa shape index (κ2) is 6.51. The fraction of sp³-hybridized carbons (Fsp3) is 0.231. The third-order valence-electron chi connectivity index (χ3n) is 2.89. The second-order valence-electron chi connectivity index (χ2n) is 4.54. The van der Waals surface area contributed by atoms with E-state index in [1.54, 1.807) is 18.3 Å². The van der Waals surface area contributed by atoms with Crippen molar-refractivity contribution >= 4 is 15.9 Å². The van der Waals surface area contributed by atoms with Crippen molar-refractivity contribution in [2.24, 2.45) is 5.14 Å². The number of imidazole rings is 1. The van der Waals surface area contributed by atoms with Crippen LogP contribution in [0.3, 0.4) is 0 Å². The van der Waals surface area contributed by atoms with Gasteiger partial charge in [0.1, 0.15) is 0 Å². The molecule has 0 aliphatic rings. The zero-order valence-electron chi connectivity index (χ0n) is 11.2. The molecule has 0 spiro atoms. The van der Waals surface area contributed by atoms with Crippen LogP contribution in [0.2, 0.25) is 0 Å². The SMILES string of the molecule is NS(=O)(=O)c1ccc(CCNC(=O)Cc2cnc[nH]2)cc1. The zero-order chi connectivity index (χ0) is 15.3. The summed E-state index contributed by atoms with van der Waals surface area (Å²) in [5, 5.41) is 7.80. The van der Waals surface area contributed by atoms with Crippen molar-refractivity contribution in [1.82, 2.24) is 15.3 Å². The van der Waals surface area contributed by atoms with Crippen molar-refractivity contribution in [3.63, 3.8) is 0 Å². The van der Waals surface area contributed by atoms with E-state index in [0.29, 0.717) is 13.0 Å². The van der Waals surface area contributed by atoms with Crippen LogP contribution in [0.4, 0.5) is 0 Å². The molecular formula is C13H16N4O3S. The molecule has 0 saturated heterocycles. The molecule has 1 aromatic carbocycles. The first kappa shape index (κ1) is 15.2. The summed E-state index contributed by atoms with van der Waals surface area (Å²) in [5.74, 6) is -0.0968. The van der Waals surface area contributed by atoms with Crippen molar-refractivity contribution in [2.45, 2.75) is 17.7 Å². The van der Waals surface area contributed by atoms with Crippen LogP contribution in [0.1, 0.15) is 11.3 Å². The number of H-pyrrole nitrogens is 1. The summed E-state index contributed by atoms with van der Waals surface area (Å²) in [5.41, 5.74) is 1.68. The van der Waals surface area contributed by atoms with E-state index in [1.807, 2.05) is 0 Å². The molecule has 2 aromatic rings. The Hall–Kier alpha value is -2.19. The van der Waals surface area contributed by atoms with Crippen LogP contribution in [0, 0.1) is 0 Å². The number of nitrogens with one attached hydrogen (secondary N) is 2. The van der Waals surface area contributed by atoms with Crippen molar-refractivity contribution in [3.05, 3.63) is 48.0 Å². The van der Waals surface area contributed by atoms with Crippen molar-refractivity contribution in [2.75, 3.05) is 6.54 Å². The minimum Gasteiger partial charge on any atom is -0.355 e. The molecule has 1 aromatic heterocycles. The van der Waals surface area contributed by atoms with Crippen LogP contribution in [0.5, 0.6) is 0 Å². The number of rotatable bonds is 6. The highest BCUT2D eigenvalue weighted by Crippen LogP contribution is 2.08. The minimum absolute atomic E-state index is 0.0783. The molecule has 1 heterocycles. The molecule has 7 nitrogen and oxygen atoms in total. The van der Waals surface area contributed by atoms with Gasteiger partial charge in [-0.3, -0.25) is 4.79 Å². The molecule has 8 heteroatoms. The molecule has 2 rings (SSSR count). The van der Waals surface area contributed by atoms with E-state index in [1.165, 1.54) is 18.5 Å². The van der Waals surface area contributed by atoms with E-state index in [2.05, 4.69) is 15.3 Å². The van der Waals surface area contributed by atoms with Gasteiger partial charge in [0.15, 0.2) is 0 Å². The van der Waals surface area contributed by atoms with Gasteiger partial charge in [-0.1, -0.05) is 12.1 Å². The van der Waals surface area contributed by atoms with Crippen molar-refractivity contribution < 1.29 is 13.2 Å². The first-order valence-electron chi connectivity index (χ1n) is 6.31. The summed E-state index contributed by atoms with van der Waals surface area (Å²) < 4.78 is 22.2. The number of nitrogens with zero attached hydrogens (tertiary/aromatic N) is 1. The Bertz CT molecular complexity index is 694. The highest BCUT2D eigenvalue weighted by molar-refractivity contribution is 7.89. The average molecular weight is 308 g/mol. The summed E-state index contributed by atoms with van der Waals surface area (Å²) in [4.78, 5) is 18.4. The number of nitrogens with two attached hydrogens (primary N) is 1. The topological polar surface area (TPSA) is 118 Å². The maximum atomic E-state index is 11.6. The van der Waals surface area contributed by atoms with Gasteiger partial charge in [0.05, 0.1) is 17.6 Å². The molecule has 0 unspecified atom stereocenters. The smallest absolute Gasteiger partial charge is 0.238 e. The van der Waals surface area contributed by atoms with Gasteiger partial charge in [-0.25, -0.2) is 18.5 Å². The summed E-state index contributed by atoms with van der Waals surface area (Å²) in [6.45, 7) is 0.474. The van der Waals surface area contributed by atoms with E-state index in [9.17, 15) is 13.2 Å². The van der Waals surface area contributed by atoms with Gasteiger partial charge < -0.3 is 10.3 Å². The van der Waals surface area contributed by atoms with E-state index in [-0.39, 0.29) is 17.2 Å². The lowest BCUT2D eigenvalue weighted by atomic mass is 10.1. The largest absolute Gasteiger partial charge is 0.355 e. The normalized spacial score (nSPS) is 11.3. The number of hydrogen-bond acceptors (Lipinski definition) is 4. The lowest BCUT2D eigenvalue weighted by Crippen LogP contribution is -2.27. The summed E-state index contributed by atoms with van der Waals surface area (Å²) >= 11 is 0. The molecule has 0 radical (unpaired) electrons. The molecule has 1 amide bonds. The number of sulfonamides is 1. The van der Waals surface area contributed by atoms with E-state index < -0.39 is 10.0 Å². The number of carbonyl (C=O) groups is 1. The van der Waals surface area contributed by atoms with E-state index >= 15 is 0 Å². The molecule has 0 aliphatic heterocycles. The Morgan fingerprint density at radius 2 is 2.00 bits per heavy atom. The van der Waals surface area contributed by atoms with E-state index in [4.69, 9.17) is 5.14 Å². The minimum atomic E-state index is -3.66. The maximum Gasteiger partial charge on any atom is 0.238 e. The molecule has 0 aliphatic carbocycles. The molecule has 112 valence electrons. The summed E-state index contributed by atoms with van der Waals surface area (Å²) in [6, 6.07) is 6.27. The van der Waals surface area contributed by atoms with Gasteiger partial charge in [0.2, 0.25) is 15.9 Å². The first-order valence-corrected chi connectivity index (χ1v) is 7.85. The molecule has 21 heavy (non-hydrogen) atoms. The molecular weight excluding hydrogens is 292 g/mol. The van der Waals surface area contributed by atoms with Crippen LogP contribution < -0.4 is 10.5 Å². The molecule has 4 N–H and O–H groups in total. The lowest BCUT2D eigenvalue weighted by Gasteiger charge is -2.05. The summed E-state index contributed by atoms with van der Waals surface area (Å²) in [7, 11) is -3.66. The van der Waals surface area contributed by atoms with Crippen LogP contribution in [0.15, 0.2) is 41.7 Å². The van der Waals surface area contributed by atoms with Gasteiger partial charge in [-0.05, 0) is 24.1 Å². The Morgan fingerprint density at radius 3 is 2.57 bits per heavy atom. The van der Waals surface area contributed by atoms with Gasteiger partial charge in [0, 0.05) is 18.4 Å². The van der Waals surface area contributed by atoms with Gasteiger partial charge >= 0.3 is 0 Å². The molecule has 0 bridgehead atoms. The number of hydrogen-bond donors (Lipinski definition) is 3. The van der Waals surface area contributed by atoms with Crippen molar-refractivity contribution in [1.29, 1.82) is 0 Å². The number of aromatic nitrogens is 2. The predicted octanol–water partition coefficient (Wildman–Crippen LogP) is -0.0415. The third-order valence-corrected chi connectivity index (χ3v) is 3.82. The number of amides is 1. The molecule has 0 saturated carbocycles. The third kappa shape index (κ3) is 4.69. The molecule has 0 atom stereocenters. The Kier molecular flexibility index (Phi) is 4.71. The molecule has 0 fully saturated rings. The number of aromatic amines is 1. The van der Waals surface area contributed by atoms with Crippen LogP contribution in [-0.4, -0.2) is 30.8 Å². The second-order valence-corrected chi connectivity index (χ2v) is 6.10. The Balaban J connectivity index is 1.79. The fourth-order valence-corrected chi connectivity index (χ4v) is 2.32. The standard InChI is InChI=1S/C13H16N4O3S/c14-21(19,20)12-3-1-10(2-4-12)5-6-16-13(18)7-11-8-15-9-17-11/h1-4,8-9H,5-7H2,(H,15,17)(H,16,18)(H2,14,19,20). The fourth-order valence-electron chi connectivity index (χ4n) is 1.81. The quantitative estimate of drug-likeness (QED) is 0.693. The first-order chi connectivity index (χ1) is 9.95. The highest BCUT2D eigenvalue weighted by Gasteiger charge is 2.07. The van der Waals surface area contributed by atoms with Crippen LogP contribution in [-0.2, 0) is 27.7 Å². The lowest BCUT2D eigenvalue weighted by molar-refractivity contribution is -0.120. The Labute approximate surface area is 122 Å². The maximum absolute atomic E-state index is 11.6. The highest BCUT2D eigenvalue weighted by atomic mass is 32.2. The monoisotopic (exact) mass is 308 g/mol. The predicted molar refractivity (Wildman–Crippen MR) is 76.8 cm³/mol. The van der Waals surface area contributed by atoms with Gasteiger partial charge in [0.25, 0.3) is 0 Å². The number of primary sulfonamides is 1. The number of benzene rings is 1. The van der Waals surface area contributed by atoms with Gasteiger partial charge in [-0.15, -0.1) is 0 Å². The number of carbonyl (C=O) groups excluding carboxylic acids is 1. The van der Waals surface area contributed by atoms with E-state index in [0.717, 1.165) is 11.3 Å². The summed E-state index contributed by atoms with van der Waals surface area (Å²) in [6.07, 6.45) is 3.99. The zero-order valence-corrected chi connectivity index (χ0v) is 12.1. The Morgan fingerprint density at radius 1 is 1.29 bits per heavy atom. The van der Waals surface area contributed by atoms with Crippen LogP contribution >= 0.6 is 0 Å². The van der Waals surface area contributed by atoms with Crippen molar-refractivity contribution in [3.8, 4) is 0 Å². The average Bonchev–Trinajstić information content (AvgIpc) is 2.91.